The standard InChI is InChI=1S/C7H8F2NP/c8-5-1-4(3-11)7(10)2-6(5)9/h1-2H,3,10-11H2. The molecule has 1 rings (SSSR count). The Labute approximate surface area is 65.8 Å². The van der Waals surface area contributed by atoms with Gasteiger partial charge in [-0.15, -0.1) is 9.24 Å². The monoisotopic (exact) mass is 175 g/mol. The minimum absolute atomic E-state index is 0.291. The Bertz CT molecular complexity index is 275. The van der Waals surface area contributed by atoms with E-state index in [1.807, 2.05) is 0 Å². The van der Waals surface area contributed by atoms with Gasteiger partial charge in [0.2, 0.25) is 0 Å². The van der Waals surface area contributed by atoms with Crippen LogP contribution in [0.5, 0.6) is 0 Å². The minimum atomic E-state index is -0.898. The second-order valence-corrected chi connectivity index (χ2v) is 2.58. The van der Waals surface area contributed by atoms with Crippen molar-refractivity contribution in [1.82, 2.24) is 0 Å². The lowest BCUT2D eigenvalue weighted by atomic mass is 10.2. The zero-order valence-corrected chi connectivity index (χ0v) is 6.93. The molecule has 0 aromatic heterocycles. The van der Waals surface area contributed by atoms with E-state index in [9.17, 15) is 8.78 Å². The summed E-state index contributed by atoms with van der Waals surface area (Å²) in [6, 6.07) is 2.10. The maximum Gasteiger partial charge on any atom is 0.160 e. The van der Waals surface area contributed by atoms with Crippen LogP contribution < -0.4 is 5.73 Å². The molecular formula is C7H8F2NP. The molecule has 0 fully saturated rings. The van der Waals surface area contributed by atoms with E-state index in [2.05, 4.69) is 9.24 Å². The highest BCUT2D eigenvalue weighted by molar-refractivity contribution is 7.15. The Morgan fingerprint density at radius 1 is 1.27 bits per heavy atom. The molecule has 1 aromatic carbocycles. The lowest BCUT2D eigenvalue weighted by molar-refractivity contribution is 0.508. The van der Waals surface area contributed by atoms with Gasteiger partial charge in [0.25, 0.3) is 0 Å². The van der Waals surface area contributed by atoms with Crippen LogP contribution in [-0.2, 0) is 6.16 Å². The average molecular weight is 175 g/mol. The van der Waals surface area contributed by atoms with Crippen molar-refractivity contribution < 1.29 is 8.78 Å². The van der Waals surface area contributed by atoms with E-state index in [0.717, 1.165) is 12.1 Å². The maximum absolute atomic E-state index is 12.5. The number of halogens is 2. The van der Waals surface area contributed by atoms with Crippen LogP contribution in [0.3, 0.4) is 0 Å². The highest BCUT2D eigenvalue weighted by Gasteiger charge is 2.05. The number of anilines is 1. The molecule has 0 saturated carbocycles. The van der Waals surface area contributed by atoms with Crippen molar-refractivity contribution in [3.63, 3.8) is 0 Å². The minimum Gasteiger partial charge on any atom is -0.398 e. The average Bonchev–Trinajstić information content (AvgIpc) is 1.97. The van der Waals surface area contributed by atoms with Gasteiger partial charge < -0.3 is 5.73 Å². The van der Waals surface area contributed by atoms with Gasteiger partial charge in [0, 0.05) is 11.8 Å². The second kappa shape index (κ2) is 3.14. The van der Waals surface area contributed by atoms with Crippen LogP contribution in [0.1, 0.15) is 5.56 Å². The molecule has 0 heterocycles. The van der Waals surface area contributed by atoms with Crippen molar-refractivity contribution in [2.75, 3.05) is 5.73 Å². The fraction of sp³-hybridized carbons (Fsp3) is 0.143. The zero-order chi connectivity index (χ0) is 8.43. The first kappa shape index (κ1) is 8.41. The molecule has 0 saturated heterocycles. The van der Waals surface area contributed by atoms with E-state index in [4.69, 9.17) is 5.73 Å². The molecular weight excluding hydrogens is 167 g/mol. The molecule has 0 aliphatic rings. The summed E-state index contributed by atoms with van der Waals surface area (Å²) in [4.78, 5) is 0. The third-order valence-corrected chi connectivity index (χ3v) is 1.84. The summed E-state index contributed by atoms with van der Waals surface area (Å²) in [7, 11) is 2.40. The summed E-state index contributed by atoms with van der Waals surface area (Å²) in [5, 5.41) is 0. The van der Waals surface area contributed by atoms with Crippen LogP contribution in [0.25, 0.3) is 0 Å². The predicted molar refractivity (Wildman–Crippen MR) is 44.2 cm³/mol. The fourth-order valence-electron chi connectivity index (χ4n) is 0.780. The largest absolute Gasteiger partial charge is 0.398 e. The molecule has 1 unspecified atom stereocenters. The first-order chi connectivity index (χ1) is 5.15. The summed E-state index contributed by atoms with van der Waals surface area (Å²) < 4.78 is 24.9. The van der Waals surface area contributed by atoms with Crippen LogP contribution in [0, 0.1) is 11.6 Å². The zero-order valence-electron chi connectivity index (χ0n) is 5.77. The third-order valence-electron chi connectivity index (χ3n) is 1.40. The fourth-order valence-corrected chi connectivity index (χ4v) is 1.13. The molecule has 11 heavy (non-hydrogen) atoms. The topological polar surface area (TPSA) is 26.0 Å². The van der Waals surface area contributed by atoms with Gasteiger partial charge in [-0.2, -0.15) is 0 Å². The van der Waals surface area contributed by atoms with E-state index in [1.54, 1.807) is 0 Å². The van der Waals surface area contributed by atoms with E-state index < -0.39 is 11.6 Å². The van der Waals surface area contributed by atoms with Crippen molar-refractivity contribution in [3.8, 4) is 0 Å². The van der Waals surface area contributed by atoms with Gasteiger partial charge in [-0.3, -0.25) is 0 Å². The van der Waals surface area contributed by atoms with Gasteiger partial charge in [0.05, 0.1) is 0 Å². The van der Waals surface area contributed by atoms with E-state index >= 15 is 0 Å². The van der Waals surface area contributed by atoms with E-state index in [1.165, 1.54) is 0 Å². The number of hydrogen-bond acceptors (Lipinski definition) is 1. The molecule has 0 amide bonds. The number of benzene rings is 1. The van der Waals surface area contributed by atoms with Crippen molar-refractivity contribution >= 4 is 14.9 Å². The maximum atomic E-state index is 12.5. The molecule has 0 aliphatic carbocycles. The number of rotatable bonds is 1. The Kier molecular flexibility index (Phi) is 2.40. The normalized spacial score (nSPS) is 10.1. The van der Waals surface area contributed by atoms with Crippen molar-refractivity contribution in [2.45, 2.75) is 6.16 Å². The van der Waals surface area contributed by atoms with Crippen LogP contribution in [0.4, 0.5) is 14.5 Å². The van der Waals surface area contributed by atoms with Gasteiger partial charge in [0.15, 0.2) is 11.6 Å². The summed E-state index contributed by atoms with van der Waals surface area (Å²) in [5.74, 6) is -1.75. The quantitative estimate of drug-likeness (QED) is 0.512. The van der Waals surface area contributed by atoms with Crippen LogP contribution in [0.2, 0.25) is 0 Å². The Hall–Kier alpha value is -0.690. The van der Waals surface area contributed by atoms with Crippen LogP contribution in [0.15, 0.2) is 12.1 Å². The third kappa shape index (κ3) is 1.66. The summed E-state index contributed by atoms with van der Waals surface area (Å²) >= 11 is 0. The smallest absolute Gasteiger partial charge is 0.160 e. The number of hydrogen-bond donors (Lipinski definition) is 1. The Morgan fingerprint density at radius 2 is 1.82 bits per heavy atom. The summed E-state index contributed by atoms with van der Waals surface area (Å²) in [6.45, 7) is 0. The number of nitrogens with two attached hydrogens (primary N) is 1. The summed E-state index contributed by atoms with van der Waals surface area (Å²) in [6.07, 6.45) is 0.531. The van der Waals surface area contributed by atoms with Gasteiger partial charge in [0.1, 0.15) is 0 Å². The molecule has 0 bridgehead atoms. The highest BCUT2D eigenvalue weighted by Crippen LogP contribution is 2.18. The van der Waals surface area contributed by atoms with E-state index in [0.29, 0.717) is 17.4 Å². The molecule has 1 nitrogen and oxygen atoms in total. The van der Waals surface area contributed by atoms with E-state index in [-0.39, 0.29) is 0 Å². The molecule has 1 atom stereocenters. The van der Waals surface area contributed by atoms with Gasteiger partial charge >= 0.3 is 0 Å². The SMILES string of the molecule is Nc1cc(F)c(F)cc1CP. The summed E-state index contributed by atoms with van der Waals surface area (Å²) in [5.41, 5.74) is 6.28. The molecule has 2 N–H and O–H groups in total. The van der Waals surface area contributed by atoms with Gasteiger partial charge in [-0.05, 0) is 17.8 Å². The first-order valence-electron chi connectivity index (χ1n) is 3.08. The molecule has 60 valence electrons. The lowest BCUT2D eigenvalue weighted by Crippen LogP contribution is -1.95. The molecule has 4 heteroatoms. The number of nitrogen functional groups attached to an aromatic ring is 1. The molecule has 0 radical (unpaired) electrons. The predicted octanol–water partition coefficient (Wildman–Crippen LogP) is 1.92. The second-order valence-electron chi connectivity index (χ2n) is 2.17. The molecule has 1 aromatic rings. The van der Waals surface area contributed by atoms with Crippen molar-refractivity contribution in [1.29, 1.82) is 0 Å². The van der Waals surface area contributed by atoms with Crippen molar-refractivity contribution in [3.05, 3.63) is 29.3 Å². The van der Waals surface area contributed by atoms with Gasteiger partial charge in [-0.25, -0.2) is 8.78 Å². The van der Waals surface area contributed by atoms with Crippen molar-refractivity contribution in [2.24, 2.45) is 0 Å². The van der Waals surface area contributed by atoms with Crippen LogP contribution in [-0.4, -0.2) is 0 Å². The van der Waals surface area contributed by atoms with Crippen LogP contribution >= 0.6 is 9.24 Å². The Balaban J connectivity index is 3.21. The van der Waals surface area contributed by atoms with Gasteiger partial charge in [-0.1, -0.05) is 0 Å². The molecule has 0 aliphatic heterocycles. The first-order valence-corrected chi connectivity index (χ1v) is 3.90. The Morgan fingerprint density at radius 3 is 2.36 bits per heavy atom. The highest BCUT2D eigenvalue weighted by atomic mass is 31.0. The lowest BCUT2D eigenvalue weighted by Gasteiger charge is -2.02. The molecule has 0 spiro atoms.